The highest BCUT2D eigenvalue weighted by molar-refractivity contribution is 5.97. The summed E-state index contributed by atoms with van der Waals surface area (Å²) in [5.74, 6) is 2.41. The van der Waals surface area contributed by atoms with Gasteiger partial charge in [0.1, 0.15) is 11.6 Å². The third-order valence-electron chi connectivity index (χ3n) is 8.01. The van der Waals surface area contributed by atoms with Crippen LogP contribution in [0.3, 0.4) is 0 Å². The highest BCUT2D eigenvalue weighted by Gasteiger charge is 2.51. The number of rotatable bonds is 3. The molecular formula is C26H36N2O4. The van der Waals surface area contributed by atoms with Crippen LogP contribution in [0.1, 0.15) is 71.3 Å². The highest BCUT2D eigenvalue weighted by atomic mass is 16.6. The standard InChI is InChI=1S/C26H36N2O4/c1-25(2,3)32-24(31)28-15-21(29)11-22(28)23(30)27-20-6-4-19(5-7-20)26-12-16-8-17(13-26)10-18(9-16)14-26/h4-7,16-18,21-22,29H,8-15H2,1-3H3,(H,27,30)/t16?,17?,18?,21-,22-,26?/m0/s1. The number of hydrogen-bond acceptors (Lipinski definition) is 4. The highest BCUT2D eigenvalue weighted by Crippen LogP contribution is 2.60. The zero-order valence-corrected chi connectivity index (χ0v) is 19.5. The van der Waals surface area contributed by atoms with Gasteiger partial charge in [-0.2, -0.15) is 0 Å². The minimum atomic E-state index is -0.734. The van der Waals surface area contributed by atoms with Crippen molar-refractivity contribution in [2.24, 2.45) is 17.8 Å². The Morgan fingerprint density at radius 1 is 1.00 bits per heavy atom. The Bertz CT molecular complexity index is 853. The van der Waals surface area contributed by atoms with E-state index in [1.807, 2.05) is 12.1 Å². The average molecular weight is 441 g/mol. The van der Waals surface area contributed by atoms with Crippen LogP contribution < -0.4 is 5.32 Å². The summed E-state index contributed by atoms with van der Waals surface area (Å²) in [4.78, 5) is 26.9. The lowest BCUT2D eigenvalue weighted by atomic mass is 9.48. The quantitative estimate of drug-likeness (QED) is 0.727. The van der Waals surface area contributed by atoms with E-state index in [0.717, 1.165) is 23.4 Å². The number of anilines is 1. The van der Waals surface area contributed by atoms with Gasteiger partial charge in [0.05, 0.1) is 12.6 Å². The predicted octanol–water partition coefficient (Wildman–Crippen LogP) is 4.46. The summed E-state index contributed by atoms with van der Waals surface area (Å²) < 4.78 is 5.43. The smallest absolute Gasteiger partial charge is 0.411 e. The monoisotopic (exact) mass is 440 g/mol. The summed E-state index contributed by atoms with van der Waals surface area (Å²) in [5, 5.41) is 13.0. The molecule has 2 atom stereocenters. The molecule has 2 N–H and O–H groups in total. The Morgan fingerprint density at radius 3 is 2.09 bits per heavy atom. The third kappa shape index (κ3) is 4.14. The first-order valence-electron chi connectivity index (χ1n) is 12.2. The van der Waals surface area contributed by atoms with E-state index in [2.05, 4.69) is 17.4 Å². The minimum Gasteiger partial charge on any atom is -0.444 e. The van der Waals surface area contributed by atoms with Gasteiger partial charge < -0.3 is 15.2 Å². The largest absolute Gasteiger partial charge is 0.444 e. The number of carbonyl (C=O) groups is 2. The molecule has 174 valence electrons. The predicted molar refractivity (Wildman–Crippen MR) is 122 cm³/mol. The van der Waals surface area contributed by atoms with Gasteiger partial charge in [-0.1, -0.05) is 12.1 Å². The molecular weight excluding hydrogens is 404 g/mol. The summed E-state index contributed by atoms with van der Waals surface area (Å²) in [6.45, 7) is 5.48. The molecule has 6 nitrogen and oxygen atoms in total. The number of nitrogens with one attached hydrogen (secondary N) is 1. The first kappa shape index (κ1) is 21.7. The summed E-state index contributed by atoms with van der Waals surface area (Å²) in [7, 11) is 0. The molecule has 0 unspecified atom stereocenters. The number of ether oxygens (including phenoxy) is 1. The Labute approximate surface area is 190 Å². The Balaban J connectivity index is 1.26. The van der Waals surface area contributed by atoms with Crippen LogP contribution in [0.4, 0.5) is 10.5 Å². The van der Waals surface area contributed by atoms with Crippen molar-refractivity contribution >= 4 is 17.7 Å². The number of amides is 2. The Hall–Kier alpha value is -2.08. The molecule has 0 aromatic heterocycles. The zero-order valence-electron chi connectivity index (χ0n) is 19.5. The fraction of sp³-hybridized carbons (Fsp3) is 0.692. The fourth-order valence-electron chi connectivity index (χ4n) is 7.18. The molecule has 5 fully saturated rings. The van der Waals surface area contributed by atoms with Crippen molar-refractivity contribution in [3.05, 3.63) is 29.8 Å². The topological polar surface area (TPSA) is 78.9 Å². The molecule has 1 aromatic carbocycles. The summed E-state index contributed by atoms with van der Waals surface area (Å²) >= 11 is 0. The SMILES string of the molecule is CC(C)(C)OC(=O)N1C[C@@H](O)C[C@H]1C(=O)Nc1ccc(C23CC4CC(CC(C4)C2)C3)cc1. The van der Waals surface area contributed by atoms with E-state index >= 15 is 0 Å². The van der Waals surface area contributed by atoms with Gasteiger partial charge in [0.2, 0.25) is 5.91 Å². The zero-order chi connectivity index (χ0) is 22.7. The second-order valence-electron chi connectivity index (χ2n) is 11.8. The summed E-state index contributed by atoms with van der Waals surface area (Å²) in [5.41, 5.74) is 1.83. The van der Waals surface area contributed by atoms with Crippen molar-refractivity contribution in [1.82, 2.24) is 4.90 Å². The number of β-amino-alcohol motifs (C(OH)–C–C–N with tert-alkyl or cyclic N) is 1. The number of hydrogen-bond donors (Lipinski definition) is 2. The summed E-state index contributed by atoms with van der Waals surface area (Å²) in [6, 6.07) is 7.64. The molecule has 1 aromatic rings. The number of carbonyl (C=O) groups excluding carboxylic acids is 2. The molecule has 0 spiro atoms. The first-order chi connectivity index (χ1) is 15.1. The van der Waals surface area contributed by atoms with Gasteiger partial charge in [0, 0.05) is 12.1 Å². The normalized spacial score (nSPS) is 35.8. The number of nitrogens with zero attached hydrogens (tertiary/aromatic N) is 1. The van der Waals surface area contributed by atoms with E-state index in [4.69, 9.17) is 4.74 Å². The van der Waals surface area contributed by atoms with Crippen molar-refractivity contribution in [3.63, 3.8) is 0 Å². The van der Waals surface area contributed by atoms with Crippen LogP contribution in [0.25, 0.3) is 0 Å². The van der Waals surface area contributed by atoms with E-state index in [1.165, 1.54) is 49.0 Å². The van der Waals surface area contributed by atoms with E-state index in [-0.39, 0.29) is 18.9 Å². The van der Waals surface area contributed by atoms with Crippen molar-refractivity contribution in [1.29, 1.82) is 0 Å². The fourth-order valence-corrected chi connectivity index (χ4v) is 7.18. The lowest BCUT2D eigenvalue weighted by Crippen LogP contribution is -2.48. The lowest BCUT2D eigenvalue weighted by molar-refractivity contribution is -0.120. The van der Waals surface area contributed by atoms with E-state index in [1.54, 1.807) is 20.8 Å². The Kier molecular flexibility index (Phi) is 5.27. The maximum atomic E-state index is 13.0. The van der Waals surface area contributed by atoms with Crippen molar-refractivity contribution < 1.29 is 19.4 Å². The third-order valence-corrected chi connectivity index (χ3v) is 8.01. The molecule has 1 saturated heterocycles. The van der Waals surface area contributed by atoms with Gasteiger partial charge in [-0.25, -0.2) is 4.79 Å². The van der Waals surface area contributed by atoms with Crippen LogP contribution in [-0.4, -0.2) is 46.3 Å². The van der Waals surface area contributed by atoms with Crippen LogP contribution >= 0.6 is 0 Å². The maximum Gasteiger partial charge on any atom is 0.411 e. The number of benzene rings is 1. The number of likely N-dealkylation sites (tertiary alicyclic amines) is 1. The first-order valence-corrected chi connectivity index (χ1v) is 12.2. The van der Waals surface area contributed by atoms with Crippen LogP contribution in [-0.2, 0) is 14.9 Å². The molecule has 1 heterocycles. The van der Waals surface area contributed by atoms with E-state index in [9.17, 15) is 14.7 Å². The summed E-state index contributed by atoms with van der Waals surface area (Å²) in [6.07, 6.45) is 7.15. The lowest BCUT2D eigenvalue weighted by Gasteiger charge is -2.57. The molecule has 4 aliphatic carbocycles. The molecule has 5 aliphatic rings. The van der Waals surface area contributed by atoms with Gasteiger partial charge in [-0.3, -0.25) is 9.69 Å². The minimum absolute atomic E-state index is 0.109. The van der Waals surface area contributed by atoms with Crippen LogP contribution in [0.5, 0.6) is 0 Å². The van der Waals surface area contributed by atoms with E-state index in [0.29, 0.717) is 5.41 Å². The molecule has 4 saturated carbocycles. The molecule has 2 amide bonds. The second-order valence-corrected chi connectivity index (χ2v) is 11.8. The second kappa shape index (κ2) is 7.75. The number of aliphatic hydroxyl groups is 1. The van der Waals surface area contributed by atoms with Crippen LogP contribution in [0.15, 0.2) is 24.3 Å². The van der Waals surface area contributed by atoms with Gasteiger partial charge >= 0.3 is 6.09 Å². The van der Waals surface area contributed by atoms with Gasteiger partial charge in [-0.15, -0.1) is 0 Å². The van der Waals surface area contributed by atoms with Crippen LogP contribution in [0, 0.1) is 17.8 Å². The molecule has 1 aliphatic heterocycles. The van der Waals surface area contributed by atoms with Gasteiger partial charge in [-0.05, 0) is 100 Å². The Morgan fingerprint density at radius 2 is 1.56 bits per heavy atom. The molecule has 32 heavy (non-hydrogen) atoms. The van der Waals surface area contributed by atoms with Crippen molar-refractivity contribution in [3.8, 4) is 0 Å². The van der Waals surface area contributed by atoms with Crippen LogP contribution in [0.2, 0.25) is 0 Å². The average Bonchev–Trinajstić information content (AvgIpc) is 3.08. The number of aliphatic hydroxyl groups excluding tert-OH is 1. The molecule has 4 bridgehead atoms. The van der Waals surface area contributed by atoms with E-state index < -0.39 is 23.8 Å². The van der Waals surface area contributed by atoms with Gasteiger partial charge in [0.15, 0.2) is 0 Å². The maximum absolute atomic E-state index is 13.0. The van der Waals surface area contributed by atoms with Crippen molar-refractivity contribution in [2.45, 2.75) is 88.9 Å². The van der Waals surface area contributed by atoms with Gasteiger partial charge in [0.25, 0.3) is 0 Å². The molecule has 6 rings (SSSR count). The molecule has 6 heteroatoms. The van der Waals surface area contributed by atoms with Crippen molar-refractivity contribution in [2.75, 3.05) is 11.9 Å². The molecule has 0 radical (unpaired) electrons.